The molecule has 2 amide bonds. The highest BCUT2D eigenvalue weighted by molar-refractivity contribution is 6.01. The standard InChI is InChI=1S/C17H15N5O4.C5H11N/c18-6-12-7-19-15(5-14(12)25)21-17(26)22-3-1-2-10-4-11(8-23)13(9-24)20-16(10)22;1-6-4-2-3-5-6/h4-5,7,9,23H,1-3,8H2,(H2,19,21,25,26);2-5H2,1H3. The SMILES string of the molecule is CN1CCCC1.N#Cc1c[nH]c(NC(=O)N2CCCc3cc(CO)c(C=O)nc32)cc1=O. The molecule has 3 N–H and O–H groups in total. The van der Waals surface area contributed by atoms with Gasteiger partial charge < -0.3 is 15.0 Å². The average Bonchev–Trinajstić information content (AvgIpc) is 3.29. The predicted octanol–water partition coefficient (Wildman–Crippen LogP) is 1.64. The molecule has 10 heteroatoms. The minimum absolute atomic E-state index is 0.0554. The number of amides is 2. The van der Waals surface area contributed by atoms with Crippen molar-refractivity contribution in [1.82, 2.24) is 14.9 Å². The van der Waals surface area contributed by atoms with Gasteiger partial charge in [-0.2, -0.15) is 5.26 Å². The van der Waals surface area contributed by atoms with Crippen LogP contribution in [0.25, 0.3) is 0 Å². The first-order valence-corrected chi connectivity index (χ1v) is 10.5. The molecule has 168 valence electrons. The van der Waals surface area contributed by atoms with E-state index in [2.05, 4.69) is 27.2 Å². The third-order valence-corrected chi connectivity index (χ3v) is 5.41. The van der Waals surface area contributed by atoms with Gasteiger partial charge in [-0.05, 0) is 57.5 Å². The quantitative estimate of drug-likeness (QED) is 0.618. The second-order valence-electron chi connectivity index (χ2n) is 7.72. The zero-order valence-electron chi connectivity index (χ0n) is 17.9. The minimum Gasteiger partial charge on any atom is -0.392 e. The summed E-state index contributed by atoms with van der Waals surface area (Å²) in [6.07, 6.45) is 5.95. The highest BCUT2D eigenvalue weighted by Crippen LogP contribution is 2.27. The summed E-state index contributed by atoms with van der Waals surface area (Å²) in [5.41, 5.74) is 0.694. The van der Waals surface area contributed by atoms with Crippen LogP contribution in [0.4, 0.5) is 16.4 Å². The highest BCUT2D eigenvalue weighted by atomic mass is 16.3. The average molecular weight is 438 g/mol. The number of aromatic nitrogens is 2. The molecule has 2 aliphatic rings. The number of nitrogens with one attached hydrogen (secondary N) is 2. The smallest absolute Gasteiger partial charge is 0.328 e. The Kier molecular flexibility index (Phi) is 7.70. The van der Waals surface area contributed by atoms with Crippen LogP contribution in [0.3, 0.4) is 0 Å². The summed E-state index contributed by atoms with van der Waals surface area (Å²) >= 11 is 0. The molecule has 2 aliphatic heterocycles. The van der Waals surface area contributed by atoms with E-state index >= 15 is 0 Å². The monoisotopic (exact) mass is 438 g/mol. The Bertz CT molecular complexity index is 1080. The number of carbonyl (C=O) groups is 2. The van der Waals surface area contributed by atoms with Crippen LogP contribution in [0.5, 0.6) is 0 Å². The van der Waals surface area contributed by atoms with E-state index < -0.39 is 11.5 Å². The van der Waals surface area contributed by atoms with E-state index in [1.807, 2.05) is 0 Å². The van der Waals surface area contributed by atoms with Gasteiger partial charge >= 0.3 is 6.03 Å². The molecular weight excluding hydrogens is 412 g/mol. The Morgan fingerprint density at radius 2 is 2.06 bits per heavy atom. The summed E-state index contributed by atoms with van der Waals surface area (Å²) in [4.78, 5) is 46.1. The summed E-state index contributed by atoms with van der Waals surface area (Å²) in [6.45, 7) is 2.72. The molecule has 0 aromatic carbocycles. The zero-order chi connectivity index (χ0) is 23.1. The third-order valence-electron chi connectivity index (χ3n) is 5.41. The molecule has 0 unspecified atom stereocenters. The number of hydrogen-bond donors (Lipinski definition) is 3. The predicted molar refractivity (Wildman–Crippen MR) is 119 cm³/mol. The molecule has 2 aromatic rings. The lowest BCUT2D eigenvalue weighted by Gasteiger charge is -2.29. The van der Waals surface area contributed by atoms with Crippen molar-refractivity contribution in [3.05, 3.63) is 50.9 Å². The molecule has 0 atom stereocenters. The Labute approximate surface area is 185 Å². The van der Waals surface area contributed by atoms with Crippen LogP contribution in [0.2, 0.25) is 0 Å². The fraction of sp³-hybridized carbons (Fsp3) is 0.409. The van der Waals surface area contributed by atoms with Gasteiger partial charge in [-0.1, -0.05) is 0 Å². The van der Waals surface area contributed by atoms with Crippen LogP contribution in [0, 0.1) is 11.3 Å². The molecular formula is C22H26N6O4. The lowest BCUT2D eigenvalue weighted by molar-refractivity contribution is 0.111. The molecule has 1 saturated heterocycles. The number of anilines is 2. The van der Waals surface area contributed by atoms with Gasteiger partial charge in [-0.25, -0.2) is 9.78 Å². The van der Waals surface area contributed by atoms with Crippen molar-refractivity contribution in [2.75, 3.05) is 36.9 Å². The first kappa shape index (κ1) is 23.1. The van der Waals surface area contributed by atoms with Gasteiger partial charge in [0.05, 0.1) is 6.61 Å². The number of rotatable bonds is 3. The van der Waals surface area contributed by atoms with Crippen LogP contribution < -0.4 is 15.6 Å². The van der Waals surface area contributed by atoms with Crippen molar-refractivity contribution < 1.29 is 14.7 Å². The number of aliphatic hydroxyl groups excluding tert-OH is 1. The van der Waals surface area contributed by atoms with Crippen molar-refractivity contribution in [2.45, 2.75) is 32.3 Å². The van der Waals surface area contributed by atoms with Gasteiger partial charge in [0, 0.05) is 24.4 Å². The first-order chi connectivity index (χ1) is 15.5. The minimum atomic E-state index is -0.521. The van der Waals surface area contributed by atoms with Gasteiger partial charge in [0.25, 0.3) is 0 Å². The van der Waals surface area contributed by atoms with Crippen molar-refractivity contribution in [3.8, 4) is 6.07 Å². The van der Waals surface area contributed by atoms with Crippen LogP contribution in [-0.4, -0.2) is 59.0 Å². The molecule has 4 rings (SSSR count). The van der Waals surface area contributed by atoms with Crippen LogP contribution in [-0.2, 0) is 13.0 Å². The highest BCUT2D eigenvalue weighted by Gasteiger charge is 2.26. The first-order valence-electron chi connectivity index (χ1n) is 10.5. The number of pyridine rings is 2. The number of fused-ring (bicyclic) bond motifs is 1. The molecule has 0 saturated carbocycles. The number of aliphatic hydroxyl groups is 1. The van der Waals surface area contributed by atoms with Gasteiger partial charge in [0.1, 0.15) is 29.0 Å². The Hall–Kier alpha value is -3.55. The number of carbonyl (C=O) groups excluding carboxylic acids is 2. The molecule has 4 heterocycles. The fourth-order valence-electron chi connectivity index (χ4n) is 3.67. The largest absolute Gasteiger partial charge is 0.392 e. The lowest BCUT2D eigenvalue weighted by atomic mass is 10.0. The van der Waals surface area contributed by atoms with E-state index in [1.54, 1.807) is 12.1 Å². The lowest BCUT2D eigenvalue weighted by Crippen LogP contribution is -2.40. The van der Waals surface area contributed by atoms with Crippen molar-refractivity contribution in [1.29, 1.82) is 5.26 Å². The summed E-state index contributed by atoms with van der Waals surface area (Å²) in [6, 6.07) is 4.03. The van der Waals surface area contributed by atoms with Crippen LogP contribution in [0.1, 0.15) is 46.4 Å². The maximum atomic E-state index is 12.6. The number of aromatic amines is 1. The van der Waals surface area contributed by atoms with E-state index in [0.717, 1.165) is 11.6 Å². The second kappa shape index (κ2) is 10.7. The molecule has 1 fully saturated rings. The summed E-state index contributed by atoms with van der Waals surface area (Å²) < 4.78 is 0. The van der Waals surface area contributed by atoms with Gasteiger partial charge in [-0.15, -0.1) is 0 Å². The van der Waals surface area contributed by atoms with E-state index in [4.69, 9.17) is 5.26 Å². The van der Waals surface area contributed by atoms with Crippen LogP contribution in [0.15, 0.2) is 23.1 Å². The molecule has 0 radical (unpaired) electrons. The van der Waals surface area contributed by atoms with Gasteiger partial charge in [-0.3, -0.25) is 19.8 Å². The second-order valence-corrected chi connectivity index (χ2v) is 7.72. The number of nitriles is 1. The Balaban J connectivity index is 0.000000416. The molecule has 0 spiro atoms. The van der Waals surface area contributed by atoms with E-state index in [1.165, 1.54) is 37.0 Å². The van der Waals surface area contributed by atoms with Crippen molar-refractivity contribution >= 4 is 24.0 Å². The molecule has 0 bridgehead atoms. The van der Waals surface area contributed by atoms with Crippen molar-refractivity contribution in [3.63, 3.8) is 0 Å². The number of urea groups is 1. The van der Waals surface area contributed by atoms with Gasteiger partial charge in [0.15, 0.2) is 6.29 Å². The van der Waals surface area contributed by atoms with E-state index in [-0.39, 0.29) is 23.7 Å². The normalized spacial score (nSPS) is 15.2. The maximum absolute atomic E-state index is 12.6. The number of hydrogen-bond acceptors (Lipinski definition) is 7. The Morgan fingerprint density at radius 1 is 1.31 bits per heavy atom. The summed E-state index contributed by atoms with van der Waals surface area (Å²) in [7, 11) is 2.17. The molecule has 0 aliphatic carbocycles. The number of nitrogens with zero attached hydrogens (tertiary/aromatic N) is 4. The fourth-order valence-corrected chi connectivity index (χ4v) is 3.67. The van der Waals surface area contributed by atoms with Crippen molar-refractivity contribution in [2.24, 2.45) is 0 Å². The number of likely N-dealkylation sites (tertiary alicyclic amines) is 1. The summed E-state index contributed by atoms with van der Waals surface area (Å²) in [5, 5.41) is 20.7. The number of aldehydes is 1. The number of H-pyrrole nitrogens is 1. The molecule has 10 nitrogen and oxygen atoms in total. The molecule has 32 heavy (non-hydrogen) atoms. The van der Waals surface area contributed by atoms with E-state index in [0.29, 0.717) is 37.1 Å². The number of aryl methyl sites for hydroxylation is 1. The van der Waals surface area contributed by atoms with Crippen LogP contribution >= 0.6 is 0 Å². The molecule has 2 aromatic heterocycles. The maximum Gasteiger partial charge on any atom is 0.328 e. The Morgan fingerprint density at radius 3 is 2.62 bits per heavy atom. The van der Waals surface area contributed by atoms with Gasteiger partial charge in [0.2, 0.25) is 5.43 Å². The topological polar surface area (TPSA) is 142 Å². The third kappa shape index (κ3) is 5.38. The van der Waals surface area contributed by atoms with E-state index in [9.17, 15) is 19.5 Å². The zero-order valence-corrected chi connectivity index (χ0v) is 17.9. The summed E-state index contributed by atoms with van der Waals surface area (Å²) in [5.74, 6) is 0.498.